The molecule has 1 aromatic carbocycles. The molecule has 128 valence electrons. The zero-order valence-electron chi connectivity index (χ0n) is 14.4. The predicted octanol–water partition coefficient (Wildman–Crippen LogP) is 2.54. The highest BCUT2D eigenvalue weighted by Gasteiger charge is 2.32. The molecule has 0 radical (unpaired) electrons. The number of methoxy groups -OCH3 is 2. The molecule has 0 fully saturated rings. The number of nitrogens with one attached hydrogen (secondary N) is 1. The molecule has 1 amide bonds. The molecule has 23 heavy (non-hydrogen) atoms. The van der Waals surface area contributed by atoms with Gasteiger partial charge in [0.15, 0.2) is 0 Å². The second kappa shape index (κ2) is 6.66. The number of benzene rings is 1. The van der Waals surface area contributed by atoms with E-state index in [0.717, 1.165) is 29.7 Å². The summed E-state index contributed by atoms with van der Waals surface area (Å²) >= 11 is 0. The molecule has 0 saturated heterocycles. The van der Waals surface area contributed by atoms with Gasteiger partial charge < -0.3 is 25.3 Å². The lowest BCUT2D eigenvalue weighted by Crippen LogP contribution is -2.45. The normalized spacial score (nSPS) is 20.4. The molecule has 2 atom stereocenters. The van der Waals surface area contributed by atoms with Crippen LogP contribution in [0.2, 0.25) is 0 Å². The van der Waals surface area contributed by atoms with E-state index in [0.29, 0.717) is 5.75 Å². The molecule has 0 aliphatic heterocycles. The smallest absolute Gasteiger partial charge is 0.408 e. The minimum Gasteiger partial charge on any atom is -0.497 e. The van der Waals surface area contributed by atoms with Crippen LogP contribution in [0.5, 0.6) is 11.5 Å². The molecular weight excluding hydrogens is 296 g/mol. The minimum absolute atomic E-state index is 0.188. The zero-order chi connectivity index (χ0) is 17.2. The van der Waals surface area contributed by atoms with E-state index < -0.39 is 11.7 Å². The molecule has 0 spiro atoms. The molecular formula is C17H26N2O4. The number of alkyl carbamates (subject to hydrolysis) is 1. The van der Waals surface area contributed by atoms with Crippen LogP contribution >= 0.6 is 0 Å². The molecule has 2 rings (SSSR count). The maximum atomic E-state index is 12.1. The first-order chi connectivity index (χ1) is 10.7. The van der Waals surface area contributed by atoms with E-state index in [4.69, 9.17) is 19.9 Å². The molecule has 3 N–H and O–H groups in total. The highest BCUT2D eigenvalue weighted by Crippen LogP contribution is 2.38. The Bertz CT molecular complexity index is 581. The van der Waals surface area contributed by atoms with Crippen molar-refractivity contribution < 1.29 is 19.0 Å². The van der Waals surface area contributed by atoms with Crippen molar-refractivity contribution in [2.24, 2.45) is 5.73 Å². The van der Waals surface area contributed by atoms with Crippen molar-refractivity contribution in [3.05, 3.63) is 23.3 Å². The van der Waals surface area contributed by atoms with E-state index in [1.807, 2.05) is 32.9 Å². The molecule has 0 bridgehead atoms. The number of fused-ring (bicyclic) bond motifs is 1. The highest BCUT2D eigenvalue weighted by atomic mass is 16.6. The summed E-state index contributed by atoms with van der Waals surface area (Å²) in [7, 11) is 3.22. The van der Waals surface area contributed by atoms with E-state index >= 15 is 0 Å². The van der Waals surface area contributed by atoms with Gasteiger partial charge >= 0.3 is 6.09 Å². The van der Waals surface area contributed by atoms with Crippen LogP contribution in [-0.4, -0.2) is 32.0 Å². The van der Waals surface area contributed by atoms with Crippen LogP contribution in [0.4, 0.5) is 4.79 Å². The van der Waals surface area contributed by atoms with Gasteiger partial charge in [0.2, 0.25) is 0 Å². The van der Waals surface area contributed by atoms with E-state index in [9.17, 15) is 4.79 Å². The molecule has 0 unspecified atom stereocenters. The minimum atomic E-state index is -0.558. The lowest BCUT2D eigenvalue weighted by atomic mass is 9.83. The standard InChI is InChI=1S/C17H26N2O4/c1-17(2,3)23-16(20)19-15-12-8-10(21-4)9-14(22-5)11(12)6-7-13(15)18/h8-9,13,15H,6-7,18H2,1-5H3,(H,19,20)/t13-,15-/m1/s1. The molecule has 0 heterocycles. The summed E-state index contributed by atoms with van der Waals surface area (Å²) in [5.74, 6) is 1.42. The second-order valence-corrected chi connectivity index (χ2v) is 6.72. The Morgan fingerprint density at radius 3 is 2.52 bits per heavy atom. The second-order valence-electron chi connectivity index (χ2n) is 6.72. The summed E-state index contributed by atoms with van der Waals surface area (Å²) in [6, 6.07) is 3.23. The van der Waals surface area contributed by atoms with Crippen molar-refractivity contribution in [2.75, 3.05) is 14.2 Å². The van der Waals surface area contributed by atoms with Gasteiger partial charge in [-0.2, -0.15) is 0 Å². The van der Waals surface area contributed by atoms with Crippen molar-refractivity contribution >= 4 is 6.09 Å². The number of nitrogens with two attached hydrogens (primary N) is 1. The Morgan fingerprint density at radius 1 is 1.26 bits per heavy atom. The average Bonchev–Trinajstić information content (AvgIpc) is 2.47. The number of amides is 1. The van der Waals surface area contributed by atoms with E-state index in [-0.39, 0.29) is 12.1 Å². The van der Waals surface area contributed by atoms with Crippen LogP contribution in [0.25, 0.3) is 0 Å². The van der Waals surface area contributed by atoms with E-state index in [1.165, 1.54) is 0 Å². The van der Waals surface area contributed by atoms with E-state index in [2.05, 4.69) is 5.32 Å². The Labute approximate surface area is 137 Å². The maximum Gasteiger partial charge on any atom is 0.408 e. The quantitative estimate of drug-likeness (QED) is 0.893. The van der Waals surface area contributed by atoms with Crippen LogP contribution < -0.4 is 20.5 Å². The molecule has 6 heteroatoms. The van der Waals surface area contributed by atoms with Crippen molar-refractivity contribution in [3.8, 4) is 11.5 Å². The van der Waals surface area contributed by atoms with Gasteiger partial charge in [0.25, 0.3) is 0 Å². The Morgan fingerprint density at radius 2 is 1.96 bits per heavy atom. The topological polar surface area (TPSA) is 82.8 Å². The Balaban J connectivity index is 2.33. The van der Waals surface area contributed by atoms with Gasteiger partial charge in [-0.1, -0.05) is 0 Å². The van der Waals surface area contributed by atoms with Crippen LogP contribution in [0.15, 0.2) is 12.1 Å². The van der Waals surface area contributed by atoms with Crippen molar-refractivity contribution in [1.29, 1.82) is 0 Å². The number of carbonyl (C=O) groups is 1. The van der Waals surface area contributed by atoms with Gasteiger partial charge in [0, 0.05) is 12.1 Å². The molecule has 0 aromatic heterocycles. The molecule has 0 saturated carbocycles. The summed E-state index contributed by atoms with van der Waals surface area (Å²) in [6.07, 6.45) is 1.08. The van der Waals surface area contributed by atoms with E-state index in [1.54, 1.807) is 14.2 Å². The maximum absolute atomic E-state index is 12.1. The molecule has 6 nitrogen and oxygen atoms in total. The first-order valence-corrected chi connectivity index (χ1v) is 7.75. The zero-order valence-corrected chi connectivity index (χ0v) is 14.4. The highest BCUT2D eigenvalue weighted by molar-refractivity contribution is 5.69. The van der Waals surface area contributed by atoms with Gasteiger partial charge in [-0.25, -0.2) is 4.79 Å². The monoisotopic (exact) mass is 322 g/mol. The van der Waals surface area contributed by atoms with Gasteiger partial charge in [-0.05, 0) is 50.8 Å². The van der Waals surface area contributed by atoms with Crippen molar-refractivity contribution in [2.45, 2.75) is 51.3 Å². The van der Waals surface area contributed by atoms with Gasteiger partial charge in [0.05, 0.1) is 20.3 Å². The lowest BCUT2D eigenvalue weighted by molar-refractivity contribution is 0.0492. The van der Waals surface area contributed by atoms with Crippen LogP contribution in [-0.2, 0) is 11.2 Å². The van der Waals surface area contributed by atoms with Crippen LogP contribution in [0, 0.1) is 0 Å². The summed E-state index contributed by atoms with van der Waals surface area (Å²) in [5.41, 5.74) is 7.65. The predicted molar refractivity (Wildman–Crippen MR) is 88.0 cm³/mol. The van der Waals surface area contributed by atoms with Gasteiger partial charge in [-0.15, -0.1) is 0 Å². The molecule has 1 aromatic rings. The average molecular weight is 322 g/mol. The number of hydrogen-bond acceptors (Lipinski definition) is 5. The largest absolute Gasteiger partial charge is 0.497 e. The van der Waals surface area contributed by atoms with Crippen molar-refractivity contribution in [1.82, 2.24) is 5.32 Å². The number of rotatable bonds is 3. The van der Waals surface area contributed by atoms with Gasteiger partial charge in [0.1, 0.15) is 17.1 Å². The Hall–Kier alpha value is -1.95. The summed E-state index contributed by atoms with van der Waals surface area (Å²) in [6.45, 7) is 5.48. The molecule has 1 aliphatic carbocycles. The molecule has 1 aliphatic rings. The third kappa shape index (κ3) is 4.07. The van der Waals surface area contributed by atoms with Crippen LogP contribution in [0.3, 0.4) is 0 Å². The number of ether oxygens (including phenoxy) is 3. The van der Waals surface area contributed by atoms with Crippen LogP contribution in [0.1, 0.15) is 44.4 Å². The fraction of sp³-hybridized carbons (Fsp3) is 0.588. The third-order valence-electron chi connectivity index (χ3n) is 3.84. The Kier molecular flexibility index (Phi) is 5.04. The number of carbonyl (C=O) groups excluding carboxylic acids is 1. The van der Waals surface area contributed by atoms with Crippen molar-refractivity contribution in [3.63, 3.8) is 0 Å². The fourth-order valence-electron chi connectivity index (χ4n) is 2.81. The number of hydrogen-bond donors (Lipinski definition) is 2. The fourth-order valence-corrected chi connectivity index (χ4v) is 2.81. The summed E-state index contributed by atoms with van der Waals surface area (Å²) < 4.78 is 16.1. The first kappa shape index (κ1) is 17.4. The summed E-state index contributed by atoms with van der Waals surface area (Å²) in [5, 5.41) is 2.89. The lowest BCUT2D eigenvalue weighted by Gasteiger charge is -2.33. The first-order valence-electron chi connectivity index (χ1n) is 7.75. The third-order valence-corrected chi connectivity index (χ3v) is 3.84. The SMILES string of the molecule is COc1cc(OC)c2c(c1)[C@@H](NC(=O)OC(C)(C)C)[C@H](N)CC2. The summed E-state index contributed by atoms with van der Waals surface area (Å²) in [4.78, 5) is 12.1. The van der Waals surface area contributed by atoms with Gasteiger partial charge in [-0.3, -0.25) is 0 Å².